The number of anilines is 1. The fourth-order valence-corrected chi connectivity index (χ4v) is 3.09. The summed E-state index contributed by atoms with van der Waals surface area (Å²) in [6, 6.07) is 10.5. The second-order valence-corrected chi connectivity index (χ2v) is 5.93. The Kier molecular flexibility index (Phi) is 4.90. The first-order chi connectivity index (χ1) is 9.65. The van der Waals surface area contributed by atoms with Gasteiger partial charge >= 0.3 is 0 Å². The van der Waals surface area contributed by atoms with Crippen LogP contribution in [0.4, 0.5) is 5.69 Å². The first-order valence-electron chi connectivity index (χ1n) is 6.67. The van der Waals surface area contributed by atoms with Crippen LogP contribution < -0.4 is 14.8 Å². The first kappa shape index (κ1) is 14.7. The Morgan fingerprint density at radius 1 is 1.05 bits per heavy atom. The number of thiophene rings is 1. The molecule has 3 nitrogen and oxygen atoms in total. The summed E-state index contributed by atoms with van der Waals surface area (Å²) in [7, 11) is 3.30. The van der Waals surface area contributed by atoms with Gasteiger partial charge in [-0.2, -0.15) is 0 Å². The van der Waals surface area contributed by atoms with Gasteiger partial charge in [-0.25, -0.2) is 0 Å². The number of methoxy groups -OCH3 is 2. The van der Waals surface area contributed by atoms with Gasteiger partial charge in [0.2, 0.25) is 0 Å². The molecule has 0 radical (unpaired) electrons. The fraction of sp³-hybridized carbons (Fsp3) is 0.375. The highest BCUT2D eigenvalue weighted by molar-refractivity contribution is 7.10. The summed E-state index contributed by atoms with van der Waals surface area (Å²) in [5.41, 5.74) is 1.04. The van der Waals surface area contributed by atoms with E-state index in [4.69, 9.17) is 9.47 Å². The second kappa shape index (κ2) is 6.66. The highest BCUT2D eigenvalue weighted by atomic mass is 32.1. The van der Waals surface area contributed by atoms with E-state index in [0.717, 1.165) is 17.2 Å². The molecule has 108 valence electrons. The van der Waals surface area contributed by atoms with Crippen LogP contribution in [0.5, 0.6) is 11.5 Å². The number of hydrogen-bond donors (Lipinski definition) is 1. The van der Waals surface area contributed by atoms with Gasteiger partial charge < -0.3 is 14.8 Å². The largest absolute Gasteiger partial charge is 0.493 e. The van der Waals surface area contributed by atoms with Gasteiger partial charge in [-0.1, -0.05) is 19.9 Å². The standard InChI is InChI=1S/C16H21NO2S/c1-11(2)16(15-6-5-9-20-15)17-12-7-8-13(18-3)14(10-12)19-4/h5-11,16-17H,1-4H3. The van der Waals surface area contributed by atoms with Crippen LogP contribution in [0, 0.1) is 5.92 Å². The van der Waals surface area contributed by atoms with Gasteiger partial charge in [-0.05, 0) is 29.5 Å². The molecule has 1 heterocycles. The monoisotopic (exact) mass is 291 g/mol. The molecule has 1 N–H and O–H groups in total. The van der Waals surface area contributed by atoms with Gasteiger partial charge in [0.1, 0.15) is 0 Å². The van der Waals surface area contributed by atoms with Crippen molar-refractivity contribution in [2.75, 3.05) is 19.5 Å². The zero-order valence-electron chi connectivity index (χ0n) is 12.3. The third-order valence-corrected chi connectivity index (χ3v) is 4.18. The van der Waals surface area contributed by atoms with Crippen LogP contribution in [0.2, 0.25) is 0 Å². The Labute approximate surface area is 124 Å². The van der Waals surface area contributed by atoms with Crippen molar-refractivity contribution >= 4 is 17.0 Å². The molecule has 2 aromatic rings. The van der Waals surface area contributed by atoms with Crippen LogP contribution >= 0.6 is 11.3 Å². The number of benzene rings is 1. The predicted octanol–water partition coefficient (Wildman–Crippen LogP) is 4.57. The van der Waals surface area contributed by atoms with Gasteiger partial charge in [0.25, 0.3) is 0 Å². The SMILES string of the molecule is COc1ccc(NC(c2cccs2)C(C)C)cc1OC. The average Bonchev–Trinajstić information content (AvgIpc) is 2.97. The van der Waals surface area contributed by atoms with Gasteiger partial charge in [0.05, 0.1) is 20.3 Å². The van der Waals surface area contributed by atoms with E-state index in [0.29, 0.717) is 12.0 Å². The summed E-state index contributed by atoms with van der Waals surface area (Å²) >= 11 is 1.78. The van der Waals surface area contributed by atoms with Crippen LogP contribution in [-0.4, -0.2) is 14.2 Å². The normalized spacial score (nSPS) is 12.2. The van der Waals surface area contributed by atoms with E-state index < -0.39 is 0 Å². The minimum atomic E-state index is 0.299. The van der Waals surface area contributed by atoms with Crippen molar-refractivity contribution in [1.82, 2.24) is 0 Å². The summed E-state index contributed by atoms with van der Waals surface area (Å²) in [4.78, 5) is 1.34. The van der Waals surface area contributed by atoms with Gasteiger partial charge in [-0.3, -0.25) is 0 Å². The molecule has 20 heavy (non-hydrogen) atoms. The zero-order valence-corrected chi connectivity index (χ0v) is 13.2. The van der Waals surface area contributed by atoms with E-state index in [2.05, 4.69) is 36.7 Å². The summed E-state index contributed by atoms with van der Waals surface area (Å²) in [5.74, 6) is 1.99. The lowest BCUT2D eigenvalue weighted by Crippen LogP contribution is -2.15. The van der Waals surface area contributed by atoms with Crippen molar-refractivity contribution in [3.63, 3.8) is 0 Å². The van der Waals surface area contributed by atoms with Crippen LogP contribution in [-0.2, 0) is 0 Å². The van der Waals surface area contributed by atoms with Crippen LogP contribution in [0.1, 0.15) is 24.8 Å². The van der Waals surface area contributed by atoms with Crippen molar-refractivity contribution in [1.29, 1.82) is 0 Å². The highest BCUT2D eigenvalue weighted by Crippen LogP contribution is 2.34. The molecule has 0 fully saturated rings. The number of hydrogen-bond acceptors (Lipinski definition) is 4. The van der Waals surface area contributed by atoms with Gasteiger partial charge in [-0.15, -0.1) is 11.3 Å². The molecular formula is C16H21NO2S. The molecule has 1 unspecified atom stereocenters. The van der Waals surface area contributed by atoms with Crippen molar-refractivity contribution in [2.24, 2.45) is 5.92 Å². The minimum Gasteiger partial charge on any atom is -0.493 e. The Bertz CT molecular complexity index is 537. The van der Waals surface area contributed by atoms with E-state index in [1.165, 1.54) is 4.88 Å². The second-order valence-electron chi connectivity index (χ2n) is 4.95. The van der Waals surface area contributed by atoms with Crippen LogP contribution in [0.25, 0.3) is 0 Å². The molecule has 1 aromatic heterocycles. The van der Waals surface area contributed by atoms with Crippen LogP contribution in [0.3, 0.4) is 0 Å². The van der Waals surface area contributed by atoms with E-state index in [1.807, 2.05) is 18.2 Å². The third kappa shape index (κ3) is 3.25. The molecule has 0 spiro atoms. The quantitative estimate of drug-likeness (QED) is 0.845. The molecular weight excluding hydrogens is 270 g/mol. The lowest BCUT2D eigenvalue weighted by atomic mass is 10.0. The smallest absolute Gasteiger partial charge is 0.162 e. The van der Waals surface area contributed by atoms with Crippen LogP contribution in [0.15, 0.2) is 35.7 Å². The molecule has 0 aliphatic rings. The summed E-state index contributed by atoms with van der Waals surface area (Å²) in [6.45, 7) is 4.44. The molecule has 2 rings (SSSR count). The van der Waals surface area contributed by atoms with E-state index in [1.54, 1.807) is 25.6 Å². The van der Waals surface area contributed by atoms with Gasteiger partial charge in [0.15, 0.2) is 11.5 Å². The van der Waals surface area contributed by atoms with Crippen molar-refractivity contribution < 1.29 is 9.47 Å². The molecule has 4 heteroatoms. The van der Waals surface area contributed by atoms with E-state index in [9.17, 15) is 0 Å². The lowest BCUT2D eigenvalue weighted by Gasteiger charge is -2.23. The maximum absolute atomic E-state index is 5.35. The molecule has 1 atom stereocenters. The molecule has 0 saturated carbocycles. The molecule has 0 amide bonds. The zero-order chi connectivity index (χ0) is 14.5. The Morgan fingerprint density at radius 2 is 1.80 bits per heavy atom. The average molecular weight is 291 g/mol. The van der Waals surface area contributed by atoms with Crippen molar-refractivity contribution in [3.05, 3.63) is 40.6 Å². The predicted molar refractivity (Wildman–Crippen MR) is 85.1 cm³/mol. The highest BCUT2D eigenvalue weighted by Gasteiger charge is 2.17. The maximum Gasteiger partial charge on any atom is 0.162 e. The number of rotatable bonds is 6. The number of nitrogens with one attached hydrogen (secondary N) is 1. The molecule has 0 saturated heterocycles. The van der Waals surface area contributed by atoms with E-state index >= 15 is 0 Å². The molecule has 0 aliphatic heterocycles. The minimum absolute atomic E-state index is 0.299. The van der Waals surface area contributed by atoms with E-state index in [-0.39, 0.29) is 0 Å². The topological polar surface area (TPSA) is 30.5 Å². The summed E-state index contributed by atoms with van der Waals surface area (Å²) in [6.07, 6.45) is 0. The number of ether oxygens (including phenoxy) is 2. The summed E-state index contributed by atoms with van der Waals surface area (Å²) in [5, 5.41) is 5.69. The molecule has 1 aromatic carbocycles. The first-order valence-corrected chi connectivity index (χ1v) is 7.55. The summed E-state index contributed by atoms with van der Waals surface area (Å²) < 4.78 is 10.6. The van der Waals surface area contributed by atoms with Crippen molar-refractivity contribution in [3.8, 4) is 11.5 Å². The fourth-order valence-electron chi connectivity index (χ4n) is 2.14. The van der Waals surface area contributed by atoms with Gasteiger partial charge in [0, 0.05) is 16.6 Å². The Balaban J connectivity index is 2.23. The Morgan fingerprint density at radius 3 is 2.35 bits per heavy atom. The lowest BCUT2D eigenvalue weighted by molar-refractivity contribution is 0.355. The third-order valence-electron chi connectivity index (χ3n) is 3.22. The Hall–Kier alpha value is -1.68. The molecule has 0 bridgehead atoms. The van der Waals surface area contributed by atoms with Crippen molar-refractivity contribution in [2.45, 2.75) is 19.9 Å². The molecule has 0 aliphatic carbocycles. The maximum atomic E-state index is 5.35.